The van der Waals surface area contributed by atoms with E-state index in [4.69, 9.17) is 16.7 Å². The first-order valence-corrected chi connectivity index (χ1v) is 4.99. The maximum Gasteiger partial charge on any atom is 0.311 e. The van der Waals surface area contributed by atoms with Crippen LogP contribution in [0.15, 0.2) is 18.2 Å². The summed E-state index contributed by atoms with van der Waals surface area (Å²) in [6, 6.07) is 5.47. The van der Waals surface area contributed by atoms with Crippen molar-refractivity contribution in [2.45, 2.75) is 25.2 Å². The fraction of sp³-hybridized carbons (Fsp3) is 0.364. The van der Waals surface area contributed by atoms with E-state index in [0.29, 0.717) is 17.4 Å². The molecule has 1 aromatic rings. The molecule has 2 unspecified atom stereocenters. The highest BCUT2D eigenvalue weighted by Crippen LogP contribution is 2.42. The molecule has 0 fully saturated rings. The molecule has 1 aromatic carbocycles. The summed E-state index contributed by atoms with van der Waals surface area (Å²) < 4.78 is 0. The highest BCUT2D eigenvalue weighted by atomic mass is 35.5. The van der Waals surface area contributed by atoms with E-state index in [2.05, 4.69) is 0 Å². The Hall–Kier alpha value is -1.02. The van der Waals surface area contributed by atoms with Gasteiger partial charge in [0, 0.05) is 5.02 Å². The third-order valence-electron chi connectivity index (χ3n) is 2.84. The van der Waals surface area contributed by atoms with E-state index in [0.717, 1.165) is 11.1 Å². The average molecular weight is 211 g/mol. The molecule has 0 bridgehead atoms. The Labute approximate surface area is 87.5 Å². The maximum absolute atomic E-state index is 11.0. The van der Waals surface area contributed by atoms with Gasteiger partial charge < -0.3 is 5.11 Å². The second kappa shape index (κ2) is 3.28. The minimum atomic E-state index is -0.738. The molecular weight excluding hydrogens is 200 g/mol. The molecule has 74 valence electrons. The molecule has 0 radical (unpaired) electrons. The Kier molecular flexibility index (Phi) is 2.23. The zero-order chi connectivity index (χ0) is 10.3. The zero-order valence-electron chi connectivity index (χ0n) is 7.83. The lowest BCUT2D eigenvalue weighted by Crippen LogP contribution is -2.07. The number of hydrogen-bond acceptors (Lipinski definition) is 1. The fourth-order valence-electron chi connectivity index (χ4n) is 2.13. The van der Waals surface area contributed by atoms with Gasteiger partial charge in [-0.1, -0.05) is 24.6 Å². The average Bonchev–Trinajstić information content (AvgIpc) is 2.44. The van der Waals surface area contributed by atoms with Gasteiger partial charge in [-0.3, -0.25) is 4.79 Å². The van der Waals surface area contributed by atoms with Crippen LogP contribution in [0.3, 0.4) is 0 Å². The Bertz CT molecular complexity index is 387. The van der Waals surface area contributed by atoms with Crippen LogP contribution in [0.1, 0.15) is 36.3 Å². The molecule has 2 atom stereocenters. The van der Waals surface area contributed by atoms with Crippen molar-refractivity contribution < 1.29 is 9.90 Å². The van der Waals surface area contributed by atoms with Crippen LogP contribution in [0, 0.1) is 0 Å². The number of rotatable bonds is 1. The van der Waals surface area contributed by atoms with Gasteiger partial charge >= 0.3 is 5.97 Å². The predicted octanol–water partition coefficient (Wildman–Crippen LogP) is 3.02. The van der Waals surface area contributed by atoms with Gasteiger partial charge in [-0.2, -0.15) is 0 Å². The molecule has 1 aliphatic carbocycles. The third kappa shape index (κ3) is 1.40. The Morgan fingerprint density at radius 2 is 2.21 bits per heavy atom. The summed E-state index contributed by atoms with van der Waals surface area (Å²) in [5.41, 5.74) is 2.01. The summed E-state index contributed by atoms with van der Waals surface area (Å²) in [6.45, 7) is 2.04. The standard InChI is InChI=1S/C11H11ClO2/c1-6-4-10(11(13)14)8-3-2-7(12)5-9(6)8/h2-3,5-6,10H,4H2,1H3,(H,13,14). The van der Waals surface area contributed by atoms with Gasteiger partial charge in [0.2, 0.25) is 0 Å². The predicted molar refractivity (Wildman–Crippen MR) is 54.9 cm³/mol. The topological polar surface area (TPSA) is 37.3 Å². The van der Waals surface area contributed by atoms with Crippen molar-refractivity contribution in [3.8, 4) is 0 Å². The molecule has 0 aromatic heterocycles. The van der Waals surface area contributed by atoms with Gasteiger partial charge in [-0.15, -0.1) is 0 Å². The lowest BCUT2D eigenvalue weighted by atomic mass is 10.0. The van der Waals surface area contributed by atoms with Gasteiger partial charge in [-0.25, -0.2) is 0 Å². The Morgan fingerprint density at radius 3 is 2.86 bits per heavy atom. The molecule has 14 heavy (non-hydrogen) atoms. The number of fused-ring (bicyclic) bond motifs is 1. The van der Waals surface area contributed by atoms with Crippen LogP contribution in [0.5, 0.6) is 0 Å². The van der Waals surface area contributed by atoms with Gasteiger partial charge in [0.15, 0.2) is 0 Å². The summed E-state index contributed by atoms with van der Waals surface area (Å²) in [5, 5.41) is 9.70. The van der Waals surface area contributed by atoms with Crippen molar-refractivity contribution in [3.05, 3.63) is 34.3 Å². The van der Waals surface area contributed by atoms with E-state index < -0.39 is 5.97 Å². The van der Waals surface area contributed by atoms with Gasteiger partial charge in [0.1, 0.15) is 0 Å². The molecule has 1 N–H and O–H groups in total. The van der Waals surface area contributed by atoms with Gasteiger partial charge in [0.25, 0.3) is 0 Å². The minimum Gasteiger partial charge on any atom is -0.481 e. The largest absolute Gasteiger partial charge is 0.481 e. The Balaban J connectivity index is 2.49. The first-order valence-electron chi connectivity index (χ1n) is 4.61. The number of hydrogen-bond donors (Lipinski definition) is 1. The van der Waals surface area contributed by atoms with E-state index in [1.165, 1.54) is 0 Å². The highest BCUT2D eigenvalue weighted by Gasteiger charge is 2.32. The van der Waals surface area contributed by atoms with E-state index in [-0.39, 0.29) is 5.92 Å². The zero-order valence-corrected chi connectivity index (χ0v) is 8.58. The molecular formula is C11H11ClO2. The summed E-state index contributed by atoms with van der Waals surface area (Å²) >= 11 is 5.87. The first kappa shape index (κ1) is 9.53. The highest BCUT2D eigenvalue weighted by molar-refractivity contribution is 6.30. The van der Waals surface area contributed by atoms with E-state index >= 15 is 0 Å². The summed E-state index contributed by atoms with van der Waals surface area (Å²) in [4.78, 5) is 11.0. The van der Waals surface area contributed by atoms with Crippen molar-refractivity contribution in [2.24, 2.45) is 0 Å². The minimum absolute atomic E-state index is 0.296. The summed E-state index contributed by atoms with van der Waals surface area (Å²) in [5.74, 6) is -0.792. The smallest absolute Gasteiger partial charge is 0.311 e. The summed E-state index contributed by atoms with van der Waals surface area (Å²) in [7, 11) is 0. The first-order chi connectivity index (χ1) is 6.59. The lowest BCUT2D eigenvalue weighted by Gasteiger charge is -2.05. The fourth-order valence-corrected chi connectivity index (χ4v) is 2.31. The molecule has 2 rings (SSSR count). The second-order valence-electron chi connectivity index (χ2n) is 3.80. The van der Waals surface area contributed by atoms with Crippen LogP contribution >= 0.6 is 11.6 Å². The number of benzene rings is 1. The molecule has 1 aliphatic rings. The van der Waals surface area contributed by atoms with Crippen LogP contribution in [0.2, 0.25) is 5.02 Å². The molecule has 2 nitrogen and oxygen atoms in total. The molecule has 0 saturated heterocycles. The van der Waals surface area contributed by atoms with Crippen LogP contribution < -0.4 is 0 Å². The van der Waals surface area contributed by atoms with Crippen molar-refractivity contribution in [1.82, 2.24) is 0 Å². The molecule has 3 heteroatoms. The van der Waals surface area contributed by atoms with Crippen molar-refractivity contribution in [2.75, 3.05) is 0 Å². The molecule has 0 saturated carbocycles. The van der Waals surface area contributed by atoms with Crippen molar-refractivity contribution in [1.29, 1.82) is 0 Å². The number of aliphatic carboxylic acids is 1. The monoisotopic (exact) mass is 210 g/mol. The van der Waals surface area contributed by atoms with Crippen LogP contribution in [-0.2, 0) is 4.79 Å². The quantitative estimate of drug-likeness (QED) is 0.774. The van der Waals surface area contributed by atoms with Gasteiger partial charge in [-0.05, 0) is 35.6 Å². The van der Waals surface area contributed by atoms with Crippen LogP contribution in [0.25, 0.3) is 0 Å². The number of carboxylic acid groups (broad SMARTS) is 1. The van der Waals surface area contributed by atoms with Crippen LogP contribution in [0.4, 0.5) is 0 Å². The van der Waals surface area contributed by atoms with E-state index in [1.807, 2.05) is 19.1 Å². The molecule has 0 aliphatic heterocycles. The second-order valence-corrected chi connectivity index (χ2v) is 4.24. The normalized spacial score (nSPS) is 24.7. The van der Waals surface area contributed by atoms with Crippen LogP contribution in [-0.4, -0.2) is 11.1 Å². The third-order valence-corrected chi connectivity index (χ3v) is 3.08. The lowest BCUT2D eigenvalue weighted by molar-refractivity contribution is -0.138. The van der Waals surface area contributed by atoms with E-state index in [9.17, 15) is 4.79 Å². The number of carbonyl (C=O) groups is 1. The summed E-state index contributed by atoms with van der Waals surface area (Å²) in [6.07, 6.45) is 0.686. The molecule has 0 spiro atoms. The van der Waals surface area contributed by atoms with Gasteiger partial charge in [0.05, 0.1) is 5.92 Å². The van der Waals surface area contributed by atoms with Crippen molar-refractivity contribution >= 4 is 17.6 Å². The maximum atomic E-state index is 11.0. The number of halogens is 1. The molecule has 0 heterocycles. The number of carboxylic acids is 1. The van der Waals surface area contributed by atoms with Crippen molar-refractivity contribution in [3.63, 3.8) is 0 Å². The Morgan fingerprint density at radius 1 is 1.50 bits per heavy atom. The van der Waals surface area contributed by atoms with E-state index in [1.54, 1.807) is 6.07 Å². The SMILES string of the molecule is CC1CC(C(=O)O)c2ccc(Cl)cc21. The molecule has 0 amide bonds.